The number of carbonyl (C=O) groups is 3. The minimum absolute atomic E-state index is 0.0773. The van der Waals surface area contributed by atoms with Gasteiger partial charge in [-0.1, -0.05) is 35.6 Å². The van der Waals surface area contributed by atoms with Gasteiger partial charge in [0.1, 0.15) is 11.5 Å². The van der Waals surface area contributed by atoms with Crippen LogP contribution in [0.3, 0.4) is 0 Å². The molecule has 48 heavy (non-hydrogen) atoms. The summed E-state index contributed by atoms with van der Waals surface area (Å²) in [5, 5.41) is 12.7. The Morgan fingerprint density at radius 3 is 2.35 bits per heavy atom. The van der Waals surface area contributed by atoms with E-state index in [9.17, 15) is 37.5 Å². The standard InChI is InChI=1S/C34H26F3N3O6S2/c35-34(36,37)21-3-1-2-4-22(21)40-31(43)26-19-13-20(27(26)32(40)44)28-25(19)24(29-30(47-28)39-33(45)48-29)15-5-11-18(12-6-15)46-14-23(42)38-16-7-9-17(41)10-8-16/h1-12,19-20,24-28,41H,13-14H2,(H,38,42)(H,39,45)/t19-,20-,24+,25-,26+,27+,28-/m1/s1. The van der Waals surface area contributed by atoms with Crippen molar-refractivity contribution in [1.82, 2.24) is 4.98 Å². The van der Waals surface area contributed by atoms with Crippen molar-refractivity contribution in [1.29, 1.82) is 0 Å². The van der Waals surface area contributed by atoms with Crippen molar-refractivity contribution in [2.45, 2.75) is 28.8 Å². The minimum atomic E-state index is -4.74. The van der Waals surface area contributed by atoms with Crippen molar-refractivity contribution in [2.24, 2.45) is 29.6 Å². The lowest BCUT2D eigenvalue weighted by atomic mass is 9.68. The highest BCUT2D eigenvalue weighted by atomic mass is 32.2. The van der Waals surface area contributed by atoms with Crippen LogP contribution in [0.25, 0.3) is 0 Å². The van der Waals surface area contributed by atoms with Crippen LogP contribution < -0.4 is 19.8 Å². The zero-order valence-corrected chi connectivity index (χ0v) is 26.4. The minimum Gasteiger partial charge on any atom is -0.508 e. The van der Waals surface area contributed by atoms with E-state index in [-0.39, 0.29) is 46.2 Å². The van der Waals surface area contributed by atoms with Gasteiger partial charge in [-0.25, -0.2) is 4.90 Å². The lowest BCUT2D eigenvalue weighted by Crippen LogP contribution is -2.42. The molecule has 14 heteroatoms. The number of hydrogen-bond acceptors (Lipinski definition) is 8. The van der Waals surface area contributed by atoms with Gasteiger partial charge in [-0.05, 0) is 78.3 Å². The Labute approximate surface area is 279 Å². The van der Waals surface area contributed by atoms with Gasteiger partial charge < -0.3 is 20.1 Å². The second-order valence-corrected chi connectivity index (χ2v) is 14.6. The first-order valence-corrected chi connectivity index (χ1v) is 16.9. The van der Waals surface area contributed by atoms with E-state index in [0.29, 0.717) is 22.9 Å². The number of thioether (sulfide) groups is 1. The van der Waals surface area contributed by atoms with Gasteiger partial charge >= 0.3 is 11.0 Å². The number of anilines is 2. The fourth-order valence-corrected chi connectivity index (χ4v) is 11.1. The Morgan fingerprint density at radius 2 is 1.65 bits per heavy atom. The van der Waals surface area contributed by atoms with Gasteiger partial charge in [0.25, 0.3) is 5.91 Å². The summed E-state index contributed by atoms with van der Waals surface area (Å²) in [5.41, 5.74) is -0.0887. The lowest BCUT2D eigenvalue weighted by Gasteiger charge is -2.43. The Hall–Kier alpha value is -4.56. The molecule has 7 atom stereocenters. The van der Waals surface area contributed by atoms with Gasteiger partial charge in [0.05, 0.1) is 28.1 Å². The van der Waals surface area contributed by atoms with Crippen LogP contribution in [0.2, 0.25) is 0 Å². The number of aromatic hydroxyl groups is 1. The van der Waals surface area contributed by atoms with Crippen LogP contribution in [0.5, 0.6) is 11.5 Å². The zero-order valence-electron chi connectivity index (χ0n) is 24.8. The van der Waals surface area contributed by atoms with Gasteiger partial charge in [0.15, 0.2) is 6.61 Å². The molecule has 246 valence electrons. The molecule has 0 radical (unpaired) electrons. The molecule has 0 spiro atoms. The Kier molecular flexibility index (Phi) is 7.22. The molecule has 2 aliphatic carbocycles. The van der Waals surface area contributed by atoms with E-state index in [4.69, 9.17) is 4.74 Å². The number of nitrogens with zero attached hydrogens (tertiary/aromatic N) is 1. The second-order valence-electron chi connectivity index (χ2n) is 12.4. The van der Waals surface area contributed by atoms with E-state index < -0.39 is 47.0 Å². The number of hydrogen-bond donors (Lipinski definition) is 3. The molecule has 3 N–H and O–H groups in total. The summed E-state index contributed by atoms with van der Waals surface area (Å²) >= 11 is 2.59. The van der Waals surface area contributed by atoms with Crippen LogP contribution in [0.15, 0.2) is 82.6 Å². The summed E-state index contributed by atoms with van der Waals surface area (Å²) in [6, 6.07) is 17.9. The number of aromatic amines is 1. The molecule has 2 saturated carbocycles. The number of para-hydroxylation sites is 1. The number of amides is 3. The molecule has 2 bridgehead atoms. The highest BCUT2D eigenvalue weighted by molar-refractivity contribution is 8.00. The van der Waals surface area contributed by atoms with Crippen molar-refractivity contribution in [3.8, 4) is 11.5 Å². The smallest absolute Gasteiger partial charge is 0.418 e. The fourth-order valence-electron chi connectivity index (χ4n) is 8.20. The molecule has 4 aliphatic rings. The van der Waals surface area contributed by atoms with E-state index in [1.807, 2.05) is 12.1 Å². The second kappa shape index (κ2) is 11.3. The molecule has 0 unspecified atom stereocenters. The molecule has 1 aromatic heterocycles. The largest absolute Gasteiger partial charge is 0.508 e. The fraction of sp³-hybridized carbons (Fsp3) is 0.294. The molecule has 3 aromatic carbocycles. The molecule has 1 saturated heterocycles. The summed E-state index contributed by atoms with van der Waals surface area (Å²) in [6.45, 7) is -0.258. The highest BCUT2D eigenvalue weighted by Gasteiger charge is 2.70. The number of nitrogens with one attached hydrogen (secondary N) is 2. The third-order valence-corrected chi connectivity index (χ3v) is 12.5. The van der Waals surface area contributed by atoms with Crippen LogP contribution >= 0.6 is 23.1 Å². The number of phenolic OH excluding ortho intramolecular Hbond substituents is 1. The Morgan fingerprint density at radius 1 is 0.958 bits per heavy atom. The van der Waals surface area contributed by atoms with Crippen molar-refractivity contribution >= 4 is 52.2 Å². The number of benzene rings is 3. The van der Waals surface area contributed by atoms with Crippen molar-refractivity contribution in [3.63, 3.8) is 0 Å². The average Bonchev–Trinajstić information content (AvgIpc) is 3.80. The lowest BCUT2D eigenvalue weighted by molar-refractivity contribution is -0.137. The van der Waals surface area contributed by atoms with Crippen molar-refractivity contribution in [2.75, 3.05) is 16.8 Å². The summed E-state index contributed by atoms with van der Waals surface area (Å²) in [6.07, 6.45) is -4.15. The molecular formula is C34H26F3N3O6S2. The Balaban J connectivity index is 1.07. The number of carbonyl (C=O) groups excluding carboxylic acids is 3. The first-order chi connectivity index (χ1) is 23.0. The molecular weight excluding hydrogens is 668 g/mol. The average molecular weight is 694 g/mol. The number of ether oxygens (including phenoxy) is 1. The maximum atomic E-state index is 14.0. The van der Waals surface area contributed by atoms with E-state index in [0.717, 1.165) is 32.7 Å². The highest BCUT2D eigenvalue weighted by Crippen LogP contribution is 2.69. The summed E-state index contributed by atoms with van der Waals surface area (Å²) in [5.74, 6) is -3.50. The van der Waals surface area contributed by atoms with Crippen LogP contribution in [0.1, 0.15) is 28.3 Å². The topological polar surface area (TPSA) is 129 Å². The molecule has 2 aliphatic heterocycles. The number of H-pyrrole nitrogens is 1. The summed E-state index contributed by atoms with van der Waals surface area (Å²) in [7, 11) is 0. The molecule has 4 aromatic rings. The van der Waals surface area contributed by atoms with Gasteiger partial charge in [0, 0.05) is 21.7 Å². The number of imide groups is 1. The normalized spacial score (nSPS) is 27.1. The third kappa shape index (κ3) is 4.91. The van der Waals surface area contributed by atoms with Gasteiger partial charge in [0.2, 0.25) is 11.8 Å². The van der Waals surface area contributed by atoms with Crippen LogP contribution in [-0.2, 0) is 20.6 Å². The number of thiazole rings is 1. The van der Waals surface area contributed by atoms with Crippen molar-refractivity contribution < 1.29 is 37.4 Å². The Bertz CT molecular complexity index is 2010. The van der Waals surface area contributed by atoms with Crippen LogP contribution in [0.4, 0.5) is 24.5 Å². The first-order valence-electron chi connectivity index (χ1n) is 15.2. The molecule has 3 heterocycles. The van der Waals surface area contributed by atoms with Gasteiger partial charge in [-0.2, -0.15) is 13.2 Å². The molecule has 3 fully saturated rings. The van der Waals surface area contributed by atoms with Gasteiger partial charge in [-0.3, -0.25) is 19.2 Å². The number of aromatic nitrogens is 1. The third-order valence-electron chi connectivity index (χ3n) is 9.93. The first kappa shape index (κ1) is 30.8. The number of fused-ring (bicyclic) bond motifs is 9. The molecule has 3 amide bonds. The summed E-state index contributed by atoms with van der Waals surface area (Å²) in [4.78, 5) is 57.0. The summed E-state index contributed by atoms with van der Waals surface area (Å²) < 4.78 is 47.5. The van der Waals surface area contributed by atoms with Crippen molar-refractivity contribution in [3.05, 3.63) is 98.5 Å². The van der Waals surface area contributed by atoms with Crippen LogP contribution in [-0.4, -0.2) is 39.7 Å². The predicted octanol–water partition coefficient (Wildman–Crippen LogP) is 5.86. The quantitative estimate of drug-likeness (QED) is 0.171. The predicted molar refractivity (Wildman–Crippen MR) is 171 cm³/mol. The number of alkyl halides is 3. The van der Waals surface area contributed by atoms with Gasteiger partial charge in [-0.15, -0.1) is 11.8 Å². The zero-order chi connectivity index (χ0) is 33.5. The van der Waals surface area contributed by atoms with E-state index in [2.05, 4.69) is 10.3 Å². The number of halogens is 3. The maximum absolute atomic E-state index is 14.0. The van der Waals surface area contributed by atoms with E-state index in [1.165, 1.54) is 42.1 Å². The monoisotopic (exact) mass is 693 g/mol. The van der Waals surface area contributed by atoms with E-state index in [1.54, 1.807) is 24.3 Å². The maximum Gasteiger partial charge on any atom is 0.418 e. The molecule has 9 nitrogen and oxygen atoms in total. The van der Waals surface area contributed by atoms with E-state index >= 15 is 0 Å². The van der Waals surface area contributed by atoms with Crippen LogP contribution in [0, 0.1) is 29.6 Å². The number of phenols is 1. The SMILES string of the molecule is O=C(COc1ccc([C@@H]2c3sc(=O)[nH]c3S[C@@H]3[C@@H]4C[C@@H]([C@@H]5C(=O)N(c6ccccc6C(F)(F)F)C(=O)[C@@H]45)[C@H]23)cc1)Nc1ccc(O)cc1. The molecule has 8 rings (SSSR count). The number of rotatable bonds is 6.